The fraction of sp³-hybridized carbons (Fsp3) is 0.520. The third-order valence-corrected chi connectivity index (χ3v) is 5.42. The number of piperazine rings is 1. The zero-order chi connectivity index (χ0) is 24.2. The van der Waals surface area contributed by atoms with Crippen LogP contribution >= 0.6 is 0 Å². The number of alkyl carbamates (subject to hydrolysis) is 1. The third kappa shape index (κ3) is 6.66. The van der Waals surface area contributed by atoms with Gasteiger partial charge in [0.1, 0.15) is 11.6 Å². The van der Waals surface area contributed by atoms with Crippen molar-refractivity contribution in [2.24, 2.45) is 5.41 Å². The van der Waals surface area contributed by atoms with E-state index in [1.54, 1.807) is 33.2 Å². The Balaban J connectivity index is 1.65. The van der Waals surface area contributed by atoms with E-state index >= 15 is 0 Å². The molecule has 1 atom stereocenters. The molecule has 178 valence electrons. The topological polar surface area (TPSA) is 87.7 Å². The van der Waals surface area contributed by atoms with Gasteiger partial charge in [0, 0.05) is 49.8 Å². The molecule has 1 aliphatic rings. The molecular weight excluding hydrogens is 418 g/mol. The van der Waals surface area contributed by atoms with Gasteiger partial charge < -0.3 is 19.9 Å². The number of nitrogens with one attached hydrogen (secondary N) is 1. The van der Waals surface area contributed by atoms with E-state index in [1.807, 2.05) is 51.1 Å². The second-order valence-corrected chi connectivity index (χ2v) is 10.4. The predicted octanol–water partition coefficient (Wildman–Crippen LogP) is 3.93. The van der Waals surface area contributed by atoms with Crippen LogP contribution in [-0.2, 0) is 4.74 Å². The summed E-state index contributed by atoms with van der Waals surface area (Å²) >= 11 is 0. The van der Waals surface area contributed by atoms with Crippen molar-refractivity contribution in [3.8, 4) is 0 Å². The van der Waals surface area contributed by atoms with Crippen LogP contribution in [0.4, 0.5) is 16.4 Å². The Labute approximate surface area is 196 Å². The molecule has 0 radical (unpaired) electrons. The minimum atomic E-state index is -0.701. The first kappa shape index (κ1) is 24.5. The number of ketones is 1. The fourth-order valence-corrected chi connectivity index (χ4v) is 3.72. The van der Waals surface area contributed by atoms with Crippen molar-refractivity contribution < 1.29 is 14.3 Å². The molecule has 8 nitrogen and oxygen atoms in total. The predicted molar refractivity (Wildman–Crippen MR) is 130 cm³/mol. The fourth-order valence-electron chi connectivity index (χ4n) is 3.72. The Morgan fingerprint density at radius 1 is 0.909 bits per heavy atom. The molecule has 0 spiro atoms. The maximum Gasteiger partial charge on any atom is 0.408 e. The number of Topliss-reactive ketones (excluding diaryl/α,β-unsaturated/α-hetero) is 1. The number of ether oxygens (including phenoxy) is 1. The normalized spacial score (nSPS) is 15.7. The molecule has 1 aliphatic heterocycles. The summed E-state index contributed by atoms with van der Waals surface area (Å²) in [6.07, 6.45) is 2.92. The molecule has 0 saturated carbocycles. The van der Waals surface area contributed by atoms with Crippen LogP contribution in [0, 0.1) is 5.41 Å². The number of rotatable bonds is 5. The van der Waals surface area contributed by atoms with Crippen molar-refractivity contribution in [2.45, 2.75) is 53.2 Å². The van der Waals surface area contributed by atoms with E-state index in [4.69, 9.17) is 4.74 Å². The molecule has 1 amide bonds. The Bertz CT molecular complexity index is 941. The average Bonchev–Trinajstić information content (AvgIpc) is 2.76. The van der Waals surface area contributed by atoms with E-state index in [0.717, 1.165) is 37.8 Å². The molecular formula is C25H35N5O3. The minimum Gasteiger partial charge on any atom is -0.444 e. The number of hydrogen-bond acceptors (Lipinski definition) is 7. The summed E-state index contributed by atoms with van der Waals surface area (Å²) in [7, 11) is 0. The molecule has 8 heteroatoms. The maximum atomic E-state index is 13.3. The lowest BCUT2D eigenvalue weighted by atomic mass is 9.82. The quantitative estimate of drug-likeness (QED) is 0.687. The second kappa shape index (κ2) is 9.77. The molecule has 2 aromatic rings. The van der Waals surface area contributed by atoms with E-state index in [2.05, 4.69) is 25.1 Å². The van der Waals surface area contributed by atoms with Gasteiger partial charge >= 0.3 is 6.09 Å². The van der Waals surface area contributed by atoms with Gasteiger partial charge in [-0.3, -0.25) is 4.79 Å². The highest BCUT2D eigenvalue weighted by Crippen LogP contribution is 2.25. The minimum absolute atomic E-state index is 0.133. The van der Waals surface area contributed by atoms with Gasteiger partial charge in [-0.05, 0) is 56.5 Å². The third-order valence-electron chi connectivity index (χ3n) is 5.42. The SMILES string of the molecule is CC(C)(C)OC(=O)N[C@H](C(=O)c1ccc(N2CCN(c3ncccn3)CC2)cc1)C(C)(C)C. The molecule has 1 fully saturated rings. The van der Waals surface area contributed by atoms with Gasteiger partial charge in [0.25, 0.3) is 0 Å². The summed E-state index contributed by atoms with van der Waals surface area (Å²) in [5.74, 6) is 0.620. The first-order valence-corrected chi connectivity index (χ1v) is 11.3. The Kier molecular flexibility index (Phi) is 7.25. The van der Waals surface area contributed by atoms with Crippen LogP contribution in [0.5, 0.6) is 0 Å². The number of carbonyl (C=O) groups is 2. The number of carbonyl (C=O) groups excluding carboxylic acids is 2. The van der Waals surface area contributed by atoms with Crippen LogP contribution in [0.25, 0.3) is 0 Å². The summed E-state index contributed by atoms with van der Waals surface area (Å²) in [4.78, 5) is 38.7. The molecule has 2 heterocycles. The molecule has 3 rings (SSSR count). The highest BCUT2D eigenvalue weighted by molar-refractivity contribution is 6.02. The molecule has 0 bridgehead atoms. The number of aromatic nitrogens is 2. The van der Waals surface area contributed by atoms with Crippen molar-refractivity contribution in [3.05, 3.63) is 48.3 Å². The van der Waals surface area contributed by atoms with Gasteiger partial charge in [-0.2, -0.15) is 0 Å². The van der Waals surface area contributed by atoms with E-state index in [-0.39, 0.29) is 5.78 Å². The van der Waals surface area contributed by atoms with Crippen molar-refractivity contribution in [1.29, 1.82) is 0 Å². The highest BCUT2D eigenvalue weighted by atomic mass is 16.6. The van der Waals surface area contributed by atoms with Crippen LogP contribution in [-0.4, -0.2) is 59.7 Å². The van der Waals surface area contributed by atoms with Crippen LogP contribution in [0.3, 0.4) is 0 Å². The van der Waals surface area contributed by atoms with Crippen molar-refractivity contribution in [2.75, 3.05) is 36.0 Å². The van der Waals surface area contributed by atoms with Crippen LogP contribution in [0.1, 0.15) is 51.9 Å². The van der Waals surface area contributed by atoms with Gasteiger partial charge in [-0.15, -0.1) is 0 Å². The number of amides is 1. The highest BCUT2D eigenvalue weighted by Gasteiger charge is 2.34. The number of nitrogens with zero attached hydrogens (tertiary/aromatic N) is 4. The van der Waals surface area contributed by atoms with Crippen LogP contribution < -0.4 is 15.1 Å². The summed E-state index contributed by atoms with van der Waals surface area (Å²) in [5, 5.41) is 2.77. The molecule has 1 saturated heterocycles. The van der Waals surface area contributed by atoms with Crippen molar-refractivity contribution in [1.82, 2.24) is 15.3 Å². The largest absolute Gasteiger partial charge is 0.444 e. The second-order valence-electron chi connectivity index (χ2n) is 10.4. The van der Waals surface area contributed by atoms with E-state index in [1.165, 1.54) is 0 Å². The first-order valence-electron chi connectivity index (χ1n) is 11.3. The van der Waals surface area contributed by atoms with Gasteiger partial charge in [-0.25, -0.2) is 14.8 Å². The molecule has 33 heavy (non-hydrogen) atoms. The van der Waals surface area contributed by atoms with E-state index in [9.17, 15) is 9.59 Å². The molecule has 1 N–H and O–H groups in total. The van der Waals surface area contributed by atoms with Gasteiger partial charge in [-0.1, -0.05) is 20.8 Å². The lowest BCUT2D eigenvalue weighted by molar-refractivity contribution is 0.0446. The molecule has 1 aromatic heterocycles. The summed E-state index contributed by atoms with van der Waals surface area (Å²) in [5.41, 5.74) is 0.523. The van der Waals surface area contributed by atoms with Crippen LogP contribution in [0.15, 0.2) is 42.7 Å². The lowest BCUT2D eigenvalue weighted by Gasteiger charge is -2.36. The summed E-state index contributed by atoms with van der Waals surface area (Å²) < 4.78 is 5.37. The maximum absolute atomic E-state index is 13.3. The van der Waals surface area contributed by atoms with Crippen molar-refractivity contribution in [3.63, 3.8) is 0 Å². The Hall–Kier alpha value is -3.16. The van der Waals surface area contributed by atoms with E-state index in [0.29, 0.717) is 5.56 Å². The van der Waals surface area contributed by atoms with Gasteiger partial charge in [0.15, 0.2) is 5.78 Å². The zero-order valence-corrected chi connectivity index (χ0v) is 20.5. The summed E-state index contributed by atoms with van der Waals surface area (Å²) in [6, 6.07) is 8.72. The standard InChI is InChI=1S/C25H35N5O3/c1-24(2,3)21(28-23(32)33-25(4,5)6)20(31)18-8-10-19(11-9-18)29-14-16-30(17-15-29)22-26-12-7-13-27-22/h7-13,21H,14-17H2,1-6H3,(H,28,32)/t21-/m1/s1. The number of anilines is 2. The molecule has 0 unspecified atom stereocenters. The first-order chi connectivity index (χ1) is 15.4. The lowest BCUT2D eigenvalue weighted by Crippen LogP contribution is -2.50. The number of hydrogen-bond donors (Lipinski definition) is 1. The monoisotopic (exact) mass is 453 g/mol. The van der Waals surface area contributed by atoms with Gasteiger partial charge in [0.2, 0.25) is 5.95 Å². The van der Waals surface area contributed by atoms with Gasteiger partial charge in [0.05, 0.1) is 0 Å². The molecule has 1 aromatic carbocycles. The van der Waals surface area contributed by atoms with Crippen molar-refractivity contribution >= 4 is 23.5 Å². The smallest absolute Gasteiger partial charge is 0.408 e. The molecule has 0 aliphatic carbocycles. The van der Waals surface area contributed by atoms with E-state index < -0.39 is 23.2 Å². The number of benzene rings is 1. The Morgan fingerprint density at radius 3 is 1.97 bits per heavy atom. The Morgan fingerprint density at radius 2 is 1.45 bits per heavy atom. The zero-order valence-electron chi connectivity index (χ0n) is 20.5. The summed E-state index contributed by atoms with van der Waals surface area (Å²) in [6.45, 7) is 14.5. The average molecular weight is 454 g/mol. The van der Waals surface area contributed by atoms with Crippen LogP contribution in [0.2, 0.25) is 0 Å².